The zero-order valence-electron chi connectivity index (χ0n) is 9.63. The molecule has 0 spiro atoms. The molecular formula is C12H9ClN2O2S2. The summed E-state index contributed by atoms with van der Waals surface area (Å²) in [5, 5.41) is 8.77. The van der Waals surface area contributed by atoms with Gasteiger partial charge >= 0.3 is 0 Å². The van der Waals surface area contributed by atoms with Crippen molar-refractivity contribution in [3.63, 3.8) is 0 Å². The summed E-state index contributed by atoms with van der Waals surface area (Å²) >= 11 is 6.71. The van der Waals surface area contributed by atoms with Crippen LogP contribution in [-0.4, -0.2) is 8.42 Å². The monoisotopic (exact) mass is 312 g/mol. The first-order chi connectivity index (χ1) is 9.01. The Hall–Kier alpha value is -1.39. The molecule has 0 radical (unpaired) electrons. The summed E-state index contributed by atoms with van der Waals surface area (Å²) in [5.74, 6) is 0. The molecule has 0 atom stereocenters. The normalized spacial score (nSPS) is 11.2. The molecule has 1 N–H and O–H groups in total. The molecule has 1 aromatic carbocycles. The number of benzene rings is 1. The van der Waals surface area contributed by atoms with Crippen LogP contribution < -0.4 is 4.72 Å². The molecule has 7 heteroatoms. The Morgan fingerprint density at radius 3 is 2.74 bits per heavy atom. The number of nitrogens with one attached hydrogen (secondary N) is 1. The van der Waals surface area contributed by atoms with Crippen molar-refractivity contribution >= 4 is 33.0 Å². The van der Waals surface area contributed by atoms with Gasteiger partial charge in [-0.15, -0.1) is 11.3 Å². The van der Waals surface area contributed by atoms with Crippen LogP contribution in [0.5, 0.6) is 0 Å². The molecule has 0 bridgehead atoms. The zero-order chi connectivity index (χ0) is 13.9. The van der Waals surface area contributed by atoms with Crippen molar-refractivity contribution in [2.45, 2.75) is 10.8 Å². The van der Waals surface area contributed by atoms with E-state index in [1.165, 1.54) is 12.1 Å². The SMILES string of the molecule is N#Cc1cccc(CNS(=O)(=O)c2ccc(Cl)s2)c1. The lowest BCUT2D eigenvalue weighted by molar-refractivity contribution is 0.583. The van der Waals surface area contributed by atoms with Crippen molar-refractivity contribution in [1.29, 1.82) is 5.26 Å². The molecule has 98 valence electrons. The largest absolute Gasteiger partial charge is 0.250 e. The number of halogens is 1. The minimum Gasteiger partial charge on any atom is -0.206 e. The number of rotatable bonds is 4. The van der Waals surface area contributed by atoms with E-state index in [0.717, 1.165) is 16.9 Å². The number of nitriles is 1. The van der Waals surface area contributed by atoms with E-state index in [1.807, 2.05) is 6.07 Å². The van der Waals surface area contributed by atoms with Gasteiger partial charge in [-0.05, 0) is 29.8 Å². The van der Waals surface area contributed by atoms with Crippen molar-refractivity contribution in [2.24, 2.45) is 0 Å². The molecule has 1 heterocycles. The molecule has 0 saturated carbocycles. The van der Waals surface area contributed by atoms with E-state index in [4.69, 9.17) is 16.9 Å². The number of hydrogen-bond donors (Lipinski definition) is 1. The Kier molecular flexibility index (Phi) is 4.22. The van der Waals surface area contributed by atoms with Crippen LogP contribution in [0.4, 0.5) is 0 Å². The van der Waals surface area contributed by atoms with Crippen LogP contribution in [0.25, 0.3) is 0 Å². The van der Waals surface area contributed by atoms with Crippen molar-refractivity contribution in [2.75, 3.05) is 0 Å². The third-order valence-electron chi connectivity index (χ3n) is 2.34. The van der Waals surface area contributed by atoms with Crippen LogP contribution in [0.15, 0.2) is 40.6 Å². The van der Waals surface area contributed by atoms with Crippen molar-refractivity contribution < 1.29 is 8.42 Å². The predicted octanol–water partition coefficient (Wildman–Crippen LogP) is 2.75. The molecule has 0 aliphatic carbocycles. The van der Waals surface area contributed by atoms with Crippen LogP contribution in [0.3, 0.4) is 0 Å². The van der Waals surface area contributed by atoms with Crippen LogP contribution in [-0.2, 0) is 16.6 Å². The Balaban J connectivity index is 2.12. The first-order valence-electron chi connectivity index (χ1n) is 5.25. The second kappa shape index (κ2) is 5.72. The maximum Gasteiger partial charge on any atom is 0.250 e. The molecule has 0 unspecified atom stereocenters. The highest BCUT2D eigenvalue weighted by atomic mass is 35.5. The molecule has 0 aliphatic heterocycles. The number of hydrogen-bond acceptors (Lipinski definition) is 4. The number of nitrogens with zero attached hydrogens (tertiary/aromatic N) is 1. The van der Waals surface area contributed by atoms with Gasteiger partial charge in [-0.25, -0.2) is 13.1 Å². The van der Waals surface area contributed by atoms with Gasteiger partial charge in [0.2, 0.25) is 10.0 Å². The smallest absolute Gasteiger partial charge is 0.206 e. The molecule has 0 fully saturated rings. The summed E-state index contributed by atoms with van der Waals surface area (Å²) in [6.07, 6.45) is 0. The molecule has 0 saturated heterocycles. The number of thiophene rings is 1. The second-order valence-corrected chi connectivity index (χ2v) is 7.40. The summed E-state index contributed by atoms with van der Waals surface area (Å²) in [4.78, 5) is 0. The van der Waals surface area contributed by atoms with Crippen molar-refractivity contribution in [1.82, 2.24) is 4.72 Å². The van der Waals surface area contributed by atoms with E-state index in [1.54, 1.807) is 24.3 Å². The lowest BCUT2D eigenvalue weighted by Gasteiger charge is -2.05. The van der Waals surface area contributed by atoms with E-state index in [-0.39, 0.29) is 10.8 Å². The number of sulfonamides is 1. The Labute approximate surface area is 120 Å². The summed E-state index contributed by atoms with van der Waals surface area (Å²) in [6.45, 7) is 0.132. The minimum atomic E-state index is -3.56. The Morgan fingerprint density at radius 1 is 1.32 bits per heavy atom. The van der Waals surface area contributed by atoms with Crippen LogP contribution in [0.1, 0.15) is 11.1 Å². The van der Waals surface area contributed by atoms with E-state index < -0.39 is 10.0 Å². The average Bonchev–Trinajstić information content (AvgIpc) is 2.84. The van der Waals surface area contributed by atoms with Gasteiger partial charge < -0.3 is 0 Å². The average molecular weight is 313 g/mol. The van der Waals surface area contributed by atoms with Gasteiger partial charge in [0.1, 0.15) is 4.21 Å². The van der Waals surface area contributed by atoms with Gasteiger partial charge in [0, 0.05) is 6.54 Å². The first-order valence-corrected chi connectivity index (χ1v) is 7.93. The summed E-state index contributed by atoms with van der Waals surface area (Å²) < 4.78 is 27.0. The lowest BCUT2D eigenvalue weighted by Crippen LogP contribution is -2.22. The van der Waals surface area contributed by atoms with Gasteiger partial charge in [0.15, 0.2) is 0 Å². The van der Waals surface area contributed by atoms with Crippen LogP contribution in [0, 0.1) is 11.3 Å². The molecule has 1 aromatic heterocycles. The molecule has 2 aromatic rings. The maximum atomic E-state index is 11.9. The quantitative estimate of drug-likeness (QED) is 0.943. The lowest BCUT2D eigenvalue weighted by atomic mass is 10.1. The van der Waals surface area contributed by atoms with Gasteiger partial charge in [0.05, 0.1) is 16.0 Å². The fourth-order valence-corrected chi connectivity index (χ4v) is 3.99. The van der Waals surface area contributed by atoms with Crippen LogP contribution >= 0.6 is 22.9 Å². The fourth-order valence-electron chi connectivity index (χ4n) is 1.44. The standard InChI is InChI=1S/C12H9ClN2O2S2/c13-11-4-5-12(18-11)19(16,17)15-8-10-3-1-2-9(6-10)7-14/h1-6,15H,8H2. The third kappa shape index (κ3) is 3.55. The zero-order valence-corrected chi connectivity index (χ0v) is 12.0. The van der Waals surface area contributed by atoms with Crippen LogP contribution in [0.2, 0.25) is 4.34 Å². The highest BCUT2D eigenvalue weighted by Gasteiger charge is 2.16. The van der Waals surface area contributed by atoms with Gasteiger partial charge in [-0.3, -0.25) is 0 Å². The molecule has 19 heavy (non-hydrogen) atoms. The summed E-state index contributed by atoms with van der Waals surface area (Å²) in [7, 11) is -3.56. The molecular weight excluding hydrogens is 304 g/mol. The van der Waals surface area contributed by atoms with Crippen molar-refractivity contribution in [3.8, 4) is 6.07 Å². The Morgan fingerprint density at radius 2 is 2.11 bits per heavy atom. The molecule has 4 nitrogen and oxygen atoms in total. The Bertz CT molecular complexity index is 732. The predicted molar refractivity (Wildman–Crippen MR) is 74.5 cm³/mol. The third-order valence-corrected chi connectivity index (χ3v) is 5.46. The van der Waals surface area contributed by atoms with E-state index in [0.29, 0.717) is 9.90 Å². The molecule has 0 aliphatic rings. The second-order valence-electron chi connectivity index (χ2n) is 3.70. The van der Waals surface area contributed by atoms with E-state index in [9.17, 15) is 8.42 Å². The molecule has 2 rings (SSSR count). The van der Waals surface area contributed by atoms with Gasteiger partial charge in [0.25, 0.3) is 0 Å². The molecule has 0 amide bonds. The fraction of sp³-hybridized carbons (Fsp3) is 0.0833. The van der Waals surface area contributed by atoms with E-state index >= 15 is 0 Å². The van der Waals surface area contributed by atoms with Crippen molar-refractivity contribution in [3.05, 3.63) is 51.9 Å². The highest BCUT2D eigenvalue weighted by Crippen LogP contribution is 2.25. The minimum absolute atomic E-state index is 0.132. The van der Waals surface area contributed by atoms with Gasteiger partial charge in [-0.1, -0.05) is 23.7 Å². The summed E-state index contributed by atoms with van der Waals surface area (Å²) in [6, 6.07) is 11.8. The first kappa shape index (κ1) is 14.0. The van der Waals surface area contributed by atoms with E-state index in [2.05, 4.69) is 4.72 Å². The van der Waals surface area contributed by atoms with Gasteiger partial charge in [-0.2, -0.15) is 5.26 Å². The topological polar surface area (TPSA) is 70.0 Å². The maximum absolute atomic E-state index is 11.9. The highest BCUT2D eigenvalue weighted by molar-refractivity contribution is 7.91. The summed E-state index contributed by atoms with van der Waals surface area (Å²) in [5.41, 5.74) is 1.22.